The molecule has 0 saturated carbocycles. The van der Waals surface area contributed by atoms with Crippen LogP contribution in [0.1, 0.15) is 0 Å². The average Bonchev–Trinajstić information content (AvgIpc) is 1.69. The summed E-state index contributed by atoms with van der Waals surface area (Å²) in [5.41, 5.74) is 0. The molecule has 0 rings (SSSR count). The molecule has 8 heavy (non-hydrogen) atoms. The minimum absolute atomic E-state index is 0.750. The maximum Gasteiger partial charge on any atom is 0.461 e. The van der Waals surface area contributed by atoms with E-state index in [9.17, 15) is 9.90 Å². The first kappa shape index (κ1) is 6.75. The van der Waals surface area contributed by atoms with Gasteiger partial charge >= 0.3 is 6.09 Å². The Morgan fingerprint density at radius 2 is 1.75 bits per heavy atom. The van der Waals surface area contributed by atoms with Crippen LogP contribution in [0.25, 0.3) is 0 Å². The Kier molecular flexibility index (Phi) is 2.40. The highest BCUT2D eigenvalue weighted by Gasteiger charge is 2.01. The third kappa shape index (κ3) is 1.47. The van der Waals surface area contributed by atoms with Crippen molar-refractivity contribution in [2.45, 2.75) is 0 Å². The molecular formula is C5H6NO2. The first-order valence-corrected chi connectivity index (χ1v) is 1.96. The molecule has 1 amide bonds. The predicted molar refractivity (Wildman–Crippen MR) is 28.3 cm³/mol. The zero-order valence-corrected chi connectivity index (χ0v) is 4.33. The summed E-state index contributed by atoms with van der Waals surface area (Å²) in [4.78, 5) is 10.6. The van der Waals surface area contributed by atoms with Crippen LogP contribution in [0.15, 0.2) is 25.6 Å². The van der Waals surface area contributed by atoms with E-state index in [-0.39, 0.29) is 0 Å². The number of hydrogen-bond donors (Lipinski definition) is 0. The standard InChI is InChI=1S/C5H6NO2/c1-3-6(4-2)5(7)8/h3-4H,1-2H2. The summed E-state index contributed by atoms with van der Waals surface area (Å²) < 4.78 is 0. The lowest BCUT2D eigenvalue weighted by atomic mass is 10.7. The van der Waals surface area contributed by atoms with Crippen molar-refractivity contribution in [2.24, 2.45) is 0 Å². The monoisotopic (exact) mass is 112 g/mol. The molecule has 0 aliphatic carbocycles. The summed E-state index contributed by atoms with van der Waals surface area (Å²) in [6, 6.07) is 0. The van der Waals surface area contributed by atoms with Crippen molar-refractivity contribution in [1.29, 1.82) is 0 Å². The van der Waals surface area contributed by atoms with Crippen LogP contribution in [0.2, 0.25) is 0 Å². The maximum atomic E-state index is 9.83. The van der Waals surface area contributed by atoms with Gasteiger partial charge in [0.2, 0.25) is 0 Å². The van der Waals surface area contributed by atoms with Crippen molar-refractivity contribution in [3.8, 4) is 0 Å². The van der Waals surface area contributed by atoms with E-state index in [4.69, 9.17) is 0 Å². The van der Waals surface area contributed by atoms with Gasteiger partial charge in [0.1, 0.15) is 0 Å². The Hall–Kier alpha value is -1.25. The summed E-state index contributed by atoms with van der Waals surface area (Å²) in [6.45, 7) is 6.37. The largest absolute Gasteiger partial charge is 0.461 e. The average molecular weight is 112 g/mol. The highest BCUT2D eigenvalue weighted by molar-refractivity contribution is 5.66. The lowest BCUT2D eigenvalue weighted by molar-refractivity contribution is 0.149. The highest BCUT2D eigenvalue weighted by atomic mass is 16.4. The summed E-state index contributed by atoms with van der Waals surface area (Å²) in [7, 11) is 0. The Morgan fingerprint density at radius 3 is 1.75 bits per heavy atom. The van der Waals surface area contributed by atoms with E-state index in [1.54, 1.807) is 0 Å². The smallest absolute Gasteiger partial charge is 0.258 e. The van der Waals surface area contributed by atoms with E-state index in [1.165, 1.54) is 0 Å². The Bertz CT molecular complexity index is 112. The molecule has 0 spiro atoms. The normalized spacial score (nSPS) is 7.50. The van der Waals surface area contributed by atoms with Crippen molar-refractivity contribution < 1.29 is 9.90 Å². The minimum atomic E-state index is -1.32. The van der Waals surface area contributed by atoms with Crippen LogP contribution >= 0.6 is 0 Å². The molecule has 0 fully saturated rings. The number of amides is 1. The van der Waals surface area contributed by atoms with Crippen LogP contribution in [-0.4, -0.2) is 11.0 Å². The molecule has 0 atom stereocenters. The van der Waals surface area contributed by atoms with Gasteiger partial charge in [-0.15, -0.1) is 0 Å². The van der Waals surface area contributed by atoms with Crippen LogP contribution in [0.5, 0.6) is 0 Å². The van der Waals surface area contributed by atoms with Gasteiger partial charge in [-0.3, -0.25) is 4.90 Å². The second kappa shape index (κ2) is 2.85. The molecule has 3 nitrogen and oxygen atoms in total. The summed E-state index contributed by atoms with van der Waals surface area (Å²) in [5.74, 6) is 0. The van der Waals surface area contributed by atoms with Crippen molar-refractivity contribution in [3.05, 3.63) is 25.6 Å². The molecule has 0 aliphatic rings. The van der Waals surface area contributed by atoms with Gasteiger partial charge in [0, 0.05) is 12.4 Å². The van der Waals surface area contributed by atoms with Gasteiger partial charge < -0.3 is 0 Å². The molecule has 0 aromatic rings. The van der Waals surface area contributed by atoms with Gasteiger partial charge in [-0.05, 0) is 0 Å². The van der Waals surface area contributed by atoms with Crippen LogP contribution in [0.3, 0.4) is 0 Å². The third-order valence-corrected chi connectivity index (χ3v) is 0.604. The van der Waals surface area contributed by atoms with Gasteiger partial charge in [0.05, 0.1) is 0 Å². The number of carbonyl (C=O) groups excluding carboxylic acids is 1. The van der Waals surface area contributed by atoms with Gasteiger partial charge in [0.15, 0.2) is 0 Å². The van der Waals surface area contributed by atoms with Gasteiger partial charge in [0.25, 0.3) is 0 Å². The van der Waals surface area contributed by atoms with Crippen molar-refractivity contribution in [1.82, 2.24) is 4.90 Å². The fourth-order valence-electron chi connectivity index (χ4n) is 0.224. The Labute approximate surface area is 47.5 Å². The number of nitrogens with zero attached hydrogens (tertiary/aromatic N) is 1. The van der Waals surface area contributed by atoms with E-state index in [0.717, 1.165) is 17.3 Å². The van der Waals surface area contributed by atoms with Crippen LogP contribution in [0, 0.1) is 0 Å². The summed E-state index contributed by atoms with van der Waals surface area (Å²) >= 11 is 0. The van der Waals surface area contributed by atoms with Crippen molar-refractivity contribution >= 4 is 6.09 Å². The van der Waals surface area contributed by atoms with E-state index in [0.29, 0.717) is 0 Å². The SMILES string of the molecule is C=CN(C=C)C([O])=O. The maximum absolute atomic E-state index is 9.83. The Morgan fingerprint density at radius 1 is 1.38 bits per heavy atom. The fraction of sp³-hybridized carbons (Fsp3) is 0. The molecule has 1 radical (unpaired) electrons. The fourth-order valence-corrected chi connectivity index (χ4v) is 0.224. The van der Waals surface area contributed by atoms with Crippen LogP contribution in [-0.2, 0) is 5.11 Å². The topological polar surface area (TPSA) is 40.2 Å². The van der Waals surface area contributed by atoms with E-state index >= 15 is 0 Å². The highest BCUT2D eigenvalue weighted by Crippen LogP contribution is 1.87. The lowest BCUT2D eigenvalue weighted by Gasteiger charge is -2.01. The number of rotatable bonds is 2. The van der Waals surface area contributed by atoms with E-state index in [1.807, 2.05) is 0 Å². The number of hydrogen-bond acceptors (Lipinski definition) is 1. The second-order valence-corrected chi connectivity index (χ2v) is 1.04. The molecule has 0 aromatic carbocycles. The van der Waals surface area contributed by atoms with Crippen LogP contribution in [0.4, 0.5) is 4.79 Å². The zero-order valence-electron chi connectivity index (χ0n) is 4.33. The predicted octanol–water partition coefficient (Wildman–Crippen LogP) is 1.13. The van der Waals surface area contributed by atoms with Crippen LogP contribution < -0.4 is 0 Å². The molecule has 43 valence electrons. The molecule has 0 bridgehead atoms. The quantitative estimate of drug-likeness (QED) is 0.527. The number of carbonyl (C=O) groups is 1. The van der Waals surface area contributed by atoms with Gasteiger partial charge in [-0.2, -0.15) is 0 Å². The molecule has 0 aliphatic heterocycles. The molecule has 0 unspecified atom stereocenters. The first-order valence-electron chi connectivity index (χ1n) is 1.96. The summed E-state index contributed by atoms with van der Waals surface area (Å²) in [5, 5.41) is 9.83. The molecular weight excluding hydrogens is 106 g/mol. The Balaban J connectivity index is 3.88. The minimum Gasteiger partial charge on any atom is -0.258 e. The lowest BCUT2D eigenvalue weighted by Crippen LogP contribution is -2.14. The zero-order chi connectivity index (χ0) is 6.57. The van der Waals surface area contributed by atoms with Crippen molar-refractivity contribution in [2.75, 3.05) is 0 Å². The molecule has 3 heteroatoms. The van der Waals surface area contributed by atoms with Gasteiger partial charge in [-0.1, -0.05) is 13.2 Å². The van der Waals surface area contributed by atoms with Gasteiger partial charge in [-0.25, -0.2) is 9.90 Å². The first-order chi connectivity index (χ1) is 3.72. The van der Waals surface area contributed by atoms with E-state index < -0.39 is 6.09 Å². The molecule has 0 aromatic heterocycles. The second-order valence-electron chi connectivity index (χ2n) is 1.04. The van der Waals surface area contributed by atoms with Crippen molar-refractivity contribution in [3.63, 3.8) is 0 Å². The molecule has 0 heterocycles. The molecule has 0 saturated heterocycles. The van der Waals surface area contributed by atoms with E-state index in [2.05, 4.69) is 13.2 Å². The molecule has 0 N–H and O–H groups in total. The summed E-state index contributed by atoms with van der Waals surface area (Å²) in [6.07, 6.45) is 0.875. The third-order valence-electron chi connectivity index (χ3n) is 0.604.